The van der Waals surface area contributed by atoms with Crippen LogP contribution < -0.4 is 5.32 Å². The number of urea groups is 1. The molecule has 6 heteroatoms. The van der Waals surface area contributed by atoms with E-state index >= 15 is 0 Å². The molecular weight excluding hydrogens is 236 g/mol. The normalized spacial score (nSPS) is 17.8. The highest BCUT2D eigenvalue weighted by Gasteiger charge is 2.40. The lowest BCUT2D eigenvalue weighted by Gasteiger charge is -2.33. The van der Waals surface area contributed by atoms with Gasteiger partial charge in [0.1, 0.15) is 0 Å². The second-order valence-electron chi connectivity index (χ2n) is 4.53. The molecule has 0 spiro atoms. The van der Waals surface area contributed by atoms with Gasteiger partial charge in [0.15, 0.2) is 0 Å². The molecule has 2 N–H and O–H groups in total. The molecular formula is C12H20N2O4. The second-order valence-corrected chi connectivity index (χ2v) is 4.53. The highest BCUT2D eigenvalue weighted by Crippen LogP contribution is 2.30. The summed E-state index contributed by atoms with van der Waals surface area (Å²) >= 11 is 0. The first-order valence-electron chi connectivity index (χ1n) is 5.93. The van der Waals surface area contributed by atoms with Crippen LogP contribution in [0.25, 0.3) is 0 Å². The van der Waals surface area contributed by atoms with E-state index in [4.69, 9.17) is 4.74 Å². The molecule has 1 fully saturated rings. The Morgan fingerprint density at radius 2 is 2.11 bits per heavy atom. The molecule has 0 aromatic carbocycles. The zero-order chi connectivity index (χ0) is 13.6. The van der Waals surface area contributed by atoms with Crippen molar-refractivity contribution in [1.82, 2.24) is 10.2 Å². The first-order chi connectivity index (χ1) is 8.52. The highest BCUT2D eigenvalue weighted by atomic mass is 16.5. The molecule has 2 amide bonds. The van der Waals surface area contributed by atoms with Gasteiger partial charge in [-0.3, -0.25) is 4.79 Å². The Hall–Kier alpha value is -1.56. The molecule has 0 radical (unpaired) electrons. The van der Waals surface area contributed by atoms with E-state index in [1.807, 2.05) is 0 Å². The van der Waals surface area contributed by atoms with Crippen molar-refractivity contribution >= 4 is 12.0 Å². The van der Waals surface area contributed by atoms with Gasteiger partial charge >= 0.3 is 12.0 Å². The third-order valence-corrected chi connectivity index (χ3v) is 3.23. The number of carbonyl (C=O) groups excluding carboxylic acids is 1. The van der Waals surface area contributed by atoms with Crippen LogP contribution in [0.2, 0.25) is 0 Å². The predicted molar refractivity (Wildman–Crippen MR) is 66.3 cm³/mol. The molecule has 1 saturated heterocycles. The van der Waals surface area contributed by atoms with Gasteiger partial charge in [0.05, 0.1) is 5.41 Å². The van der Waals surface area contributed by atoms with Gasteiger partial charge < -0.3 is 20.1 Å². The van der Waals surface area contributed by atoms with E-state index in [1.165, 1.54) is 4.90 Å². The van der Waals surface area contributed by atoms with Crippen molar-refractivity contribution in [2.45, 2.75) is 12.8 Å². The largest absolute Gasteiger partial charge is 0.481 e. The van der Waals surface area contributed by atoms with Gasteiger partial charge in [0, 0.05) is 33.4 Å². The molecule has 0 unspecified atom stereocenters. The molecule has 102 valence electrons. The maximum absolute atomic E-state index is 11.7. The summed E-state index contributed by atoms with van der Waals surface area (Å²) < 4.78 is 5.17. The molecule has 0 aromatic rings. The minimum Gasteiger partial charge on any atom is -0.481 e. The third kappa shape index (κ3) is 3.46. The molecule has 1 heterocycles. The monoisotopic (exact) mass is 256 g/mol. The van der Waals surface area contributed by atoms with Crippen LogP contribution in [0.4, 0.5) is 4.79 Å². The van der Waals surface area contributed by atoms with E-state index in [1.54, 1.807) is 13.1 Å². The quantitative estimate of drug-likeness (QED) is 0.709. The summed E-state index contributed by atoms with van der Waals surface area (Å²) in [5.41, 5.74) is -0.900. The number of nitrogens with one attached hydrogen (secondary N) is 1. The van der Waals surface area contributed by atoms with Gasteiger partial charge in [0.25, 0.3) is 0 Å². The molecule has 18 heavy (non-hydrogen) atoms. The fraction of sp³-hybridized carbons (Fsp3) is 0.667. The number of hydrogen-bond acceptors (Lipinski definition) is 3. The van der Waals surface area contributed by atoms with E-state index in [0.717, 1.165) is 0 Å². The van der Waals surface area contributed by atoms with Gasteiger partial charge in [-0.1, -0.05) is 6.08 Å². The molecule has 1 aliphatic heterocycles. The van der Waals surface area contributed by atoms with Crippen molar-refractivity contribution in [3.8, 4) is 0 Å². The number of carbonyl (C=O) groups is 2. The van der Waals surface area contributed by atoms with E-state index in [9.17, 15) is 14.7 Å². The minimum absolute atomic E-state index is 0.131. The summed E-state index contributed by atoms with van der Waals surface area (Å²) in [5.74, 6) is -0.877. The number of carboxylic acids is 1. The highest BCUT2D eigenvalue weighted by molar-refractivity contribution is 5.78. The predicted octanol–water partition coefficient (Wildman–Crippen LogP) is 0.695. The SMILES string of the molecule is C=CCN(C)C(=O)NCC1(C(=O)O)CCOCC1. The van der Waals surface area contributed by atoms with Crippen LogP contribution in [0.15, 0.2) is 12.7 Å². The van der Waals surface area contributed by atoms with E-state index in [0.29, 0.717) is 32.6 Å². The first-order valence-corrected chi connectivity index (χ1v) is 5.93. The number of rotatable bonds is 5. The average Bonchev–Trinajstić information content (AvgIpc) is 2.37. The topological polar surface area (TPSA) is 78.9 Å². The Kier molecular flexibility index (Phi) is 5.15. The number of aliphatic carboxylic acids is 1. The lowest BCUT2D eigenvalue weighted by atomic mass is 9.80. The number of carboxylic acid groups (broad SMARTS) is 1. The molecule has 0 aromatic heterocycles. The van der Waals surface area contributed by atoms with Crippen LogP contribution in [-0.4, -0.2) is 55.4 Å². The maximum atomic E-state index is 11.7. The van der Waals surface area contributed by atoms with Crippen molar-refractivity contribution in [2.24, 2.45) is 5.41 Å². The van der Waals surface area contributed by atoms with Gasteiger partial charge in [-0.15, -0.1) is 6.58 Å². The van der Waals surface area contributed by atoms with Crippen molar-refractivity contribution in [3.05, 3.63) is 12.7 Å². The molecule has 0 aliphatic carbocycles. The molecule has 0 saturated carbocycles. The Morgan fingerprint density at radius 1 is 1.50 bits per heavy atom. The minimum atomic E-state index is -0.900. The lowest BCUT2D eigenvalue weighted by Crippen LogP contribution is -2.49. The Bertz CT molecular complexity index is 324. The van der Waals surface area contributed by atoms with Crippen molar-refractivity contribution in [3.63, 3.8) is 0 Å². The summed E-state index contributed by atoms with van der Waals surface area (Å²) in [6, 6.07) is -0.290. The van der Waals surface area contributed by atoms with Crippen molar-refractivity contribution in [1.29, 1.82) is 0 Å². The van der Waals surface area contributed by atoms with Crippen LogP contribution in [0.1, 0.15) is 12.8 Å². The van der Waals surface area contributed by atoms with Gasteiger partial charge in [-0.05, 0) is 12.8 Å². The van der Waals surface area contributed by atoms with Gasteiger partial charge in [-0.2, -0.15) is 0 Å². The number of amides is 2. The lowest BCUT2D eigenvalue weighted by molar-refractivity contribution is -0.154. The molecule has 6 nitrogen and oxygen atoms in total. The van der Waals surface area contributed by atoms with Crippen LogP contribution in [0.5, 0.6) is 0 Å². The van der Waals surface area contributed by atoms with Gasteiger partial charge in [0.2, 0.25) is 0 Å². The summed E-state index contributed by atoms with van der Waals surface area (Å²) in [5, 5.41) is 12.0. The van der Waals surface area contributed by atoms with Crippen LogP contribution >= 0.6 is 0 Å². The van der Waals surface area contributed by atoms with E-state index in [2.05, 4.69) is 11.9 Å². The number of likely N-dealkylation sites (N-methyl/N-ethyl adjacent to an activating group) is 1. The number of ether oxygens (including phenoxy) is 1. The third-order valence-electron chi connectivity index (χ3n) is 3.23. The summed E-state index contributed by atoms with van der Waals surface area (Å²) in [7, 11) is 1.63. The smallest absolute Gasteiger partial charge is 0.317 e. The van der Waals surface area contributed by atoms with Gasteiger partial charge in [-0.25, -0.2) is 4.79 Å². The number of nitrogens with zero attached hydrogens (tertiary/aromatic N) is 1. The molecule has 0 atom stereocenters. The molecule has 0 bridgehead atoms. The first kappa shape index (κ1) is 14.5. The van der Waals surface area contributed by atoms with Crippen LogP contribution in [-0.2, 0) is 9.53 Å². The fourth-order valence-electron chi connectivity index (χ4n) is 1.88. The zero-order valence-electron chi connectivity index (χ0n) is 10.6. The summed E-state index contributed by atoms with van der Waals surface area (Å²) in [6.07, 6.45) is 2.46. The van der Waals surface area contributed by atoms with E-state index in [-0.39, 0.29) is 12.6 Å². The standard InChI is InChI=1S/C12H20N2O4/c1-3-6-14(2)11(17)13-9-12(10(15)16)4-7-18-8-5-12/h3H,1,4-9H2,2H3,(H,13,17)(H,15,16). The summed E-state index contributed by atoms with van der Waals surface area (Å²) in [4.78, 5) is 24.5. The summed E-state index contributed by atoms with van der Waals surface area (Å²) in [6.45, 7) is 4.94. The Labute approximate surface area is 107 Å². The maximum Gasteiger partial charge on any atom is 0.317 e. The van der Waals surface area contributed by atoms with Crippen LogP contribution in [0, 0.1) is 5.41 Å². The Balaban J connectivity index is 2.55. The van der Waals surface area contributed by atoms with E-state index < -0.39 is 11.4 Å². The zero-order valence-corrected chi connectivity index (χ0v) is 10.6. The molecule has 1 aliphatic rings. The second kappa shape index (κ2) is 6.39. The fourth-order valence-corrected chi connectivity index (χ4v) is 1.88. The van der Waals surface area contributed by atoms with Crippen molar-refractivity contribution < 1.29 is 19.4 Å². The Morgan fingerprint density at radius 3 is 2.61 bits per heavy atom. The van der Waals surface area contributed by atoms with Crippen LogP contribution in [0.3, 0.4) is 0 Å². The molecule has 1 rings (SSSR count). The van der Waals surface area contributed by atoms with Crippen molar-refractivity contribution in [2.75, 3.05) is 33.4 Å². The average molecular weight is 256 g/mol. The number of hydrogen-bond donors (Lipinski definition) is 2.